The lowest BCUT2D eigenvalue weighted by atomic mass is 9.99. The van der Waals surface area contributed by atoms with Gasteiger partial charge in [0.25, 0.3) is 0 Å². The molecule has 0 unspecified atom stereocenters. The maximum atomic E-state index is 11.2. The fourth-order valence-electron chi connectivity index (χ4n) is 4.18. The number of carbonyl (C=O) groups is 1. The first kappa shape index (κ1) is 20.9. The second-order valence-electron chi connectivity index (χ2n) is 7.88. The van der Waals surface area contributed by atoms with Crippen LogP contribution >= 0.6 is 0 Å². The van der Waals surface area contributed by atoms with Crippen molar-refractivity contribution in [3.05, 3.63) is 66.2 Å². The zero-order valence-corrected chi connectivity index (χ0v) is 17.9. The predicted molar refractivity (Wildman–Crippen MR) is 121 cm³/mol. The number of hydrogen-bond acceptors (Lipinski definition) is 4. The fourth-order valence-corrected chi connectivity index (χ4v) is 4.18. The van der Waals surface area contributed by atoms with Crippen molar-refractivity contribution in [1.29, 1.82) is 0 Å². The minimum atomic E-state index is -0.329. The monoisotopic (exact) mass is 417 g/mol. The molecule has 2 N–H and O–H groups in total. The lowest BCUT2D eigenvalue weighted by Crippen LogP contribution is -2.17. The van der Waals surface area contributed by atoms with E-state index in [0.717, 1.165) is 48.4 Å². The Bertz CT molecular complexity index is 1170. The molecule has 4 rings (SSSR count). The number of aryl methyl sites for hydroxylation is 3. The SMILES string of the molecule is Cc1noc(C)c1-c1ccc2c(c1)c(-c1ccccc1)cn2CCCCCC(=O)NO. The van der Waals surface area contributed by atoms with Crippen LogP contribution in [0.25, 0.3) is 33.2 Å². The first-order valence-corrected chi connectivity index (χ1v) is 10.6. The number of amides is 1. The number of aromatic nitrogens is 2. The quantitative estimate of drug-likeness (QED) is 0.221. The molecule has 4 aromatic rings. The van der Waals surface area contributed by atoms with Gasteiger partial charge >= 0.3 is 0 Å². The summed E-state index contributed by atoms with van der Waals surface area (Å²) >= 11 is 0. The second-order valence-corrected chi connectivity index (χ2v) is 7.88. The Morgan fingerprint density at radius 1 is 1.06 bits per heavy atom. The van der Waals surface area contributed by atoms with Crippen LogP contribution in [0.2, 0.25) is 0 Å². The molecule has 0 aliphatic rings. The van der Waals surface area contributed by atoms with Crippen LogP contribution in [-0.2, 0) is 11.3 Å². The van der Waals surface area contributed by atoms with Gasteiger partial charge in [-0.2, -0.15) is 0 Å². The second kappa shape index (κ2) is 9.18. The van der Waals surface area contributed by atoms with E-state index in [9.17, 15) is 4.79 Å². The molecule has 0 aliphatic heterocycles. The molecule has 2 aromatic carbocycles. The van der Waals surface area contributed by atoms with Gasteiger partial charge in [0, 0.05) is 41.2 Å². The zero-order chi connectivity index (χ0) is 21.8. The zero-order valence-electron chi connectivity index (χ0n) is 17.9. The lowest BCUT2D eigenvalue weighted by molar-refractivity contribution is -0.129. The molecular weight excluding hydrogens is 390 g/mol. The highest BCUT2D eigenvalue weighted by atomic mass is 16.5. The minimum absolute atomic E-state index is 0.329. The van der Waals surface area contributed by atoms with Gasteiger partial charge in [0.15, 0.2) is 0 Å². The lowest BCUT2D eigenvalue weighted by Gasteiger charge is -2.07. The number of fused-ring (bicyclic) bond motifs is 1. The molecule has 0 atom stereocenters. The van der Waals surface area contributed by atoms with E-state index in [4.69, 9.17) is 9.73 Å². The third kappa shape index (κ3) is 4.39. The maximum Gasteiger partial charge on any atom is 0.243 e. The normalized spacial score (nSPS) is 11.2. The third-order valence-electron chi connectivity index (χ3n) is 5.72. The summed E-state index contributed by atoms with van der Waals surface area (Å²) in [6, 6.07) is 16.9. The number of hydrogen-bond donors (Lipinski definition) is 2. The van der Waals surface area contributed by atoms with E-state index in [1.807, 2.05) is 19.9 Å². The van der Waals surface area contributed by atoms with Gasteiger partial charge in [0.05, 0.1) is 5.69 Å². The summed E-state index contributed by atoms with van der Waals surface area (Å²) in [5, 5.41) is 13.9. The highest BCUT2D eigenvalue weighted by molar-refractivity contribution is 5.98. The number of benzene rings is 2. The molecule has 2 heterocycles. The smallest absolute Gasteiger partial charge is 0.243 e. The minimum Gasteiger partial charge on any atom is -0.361 e. The van der Waals surface area contributed by atoms with Gasteiger partial charge in [0.2, 0.25) is 5.91 Å². The molecule has 0 bridgehead atoms. The Balaban J connectivity index is 1.67. The van der Waals surface area contributed by atoms with E-state index < -0.39 is 0 Å². The van der Waals surface area contributed by atoms with Crippen LogP contribution in [0.4, 0.5) is 0 Å². The van der Waals surface area contributed by atoms with Crippen LogP contribution in [0.15, 0.2) is 59.3 Å². The molecule has 0 saturated heterocycles. The molecule has 0 fully saturated rings. The highest BCUT2D eigenvalue weighted by Gasteiger charge is 2.15. The average molecular weight is 418 g/mol. The number of nitrogens with zero attached hydrogens (tertiary/aromatic N) is 2. The van der Waals surface area contributed by atoms with Crippen LogP contribution in [-0.4, -0.2) is 20.8 Å². The number of unbranched alkanes of at least 4 members (excludes halogenated alkanes) is 2. The standard InChI is InChI=1S/C25H27N3O3/c1-17-25(18(2)31-27-17)20-12-13-23-21(15-20)22(19-9-5-3-6-10-19)16-28(23)14-8-4-7-11-24(29)26-30/h3,5-6,9-10,12-13,15-16,30H,4,7-8,11,14H2,1-2H3,(H,26,29). The third-order valence-corrected chi connectivity index (χ3v) is 5.72. The van der Waals surface area contributed by atoms with Crippen LogP contribution < -0.4 is 5.48 Å². The summed E-state index contributed by atoms with van der Waals surface area (Å²) in [4.78, 5) is 11.2. The summed E-state index contributed by atoms with van der Waals surface area (Å²) in [5.74, 6) is 0.495. The molecule has 2 aromatic heterocycles. The van der Waals surface area contributed by atoms with Crippen molar-refractivity contribution >= 4 is 16.8 Å². The molecule has 6 heteroatoms. The Morgan fingerprint density at radius 3 is 2.58 bits per heavy atom. The number of hydroxylamine groups is 1. The Labute approximate surface area is 181 Å². The molecule has 0 saturated carbocycles. The van der Waals surface area contributed by atoms with Gasteiger partial charge in [-0.05, 0) is 49.9 Å². The largest absolute Gasteiger partial charge is 0.361 e. The van der Waals surface area contributed by atoms with Gasteiger partial charge in [-0.1, -0.05) is 48.0 Å². The van der Waals surface area contributed by atoms with Crippen molar-refractivity contribution in [2.24, 2.45) is 0 Å². The average Bonchev–Trinajstić information content (AvgIpc) is 3.32. The summed E-state index contributed by atoms with van der Waals surface area (Å²) < 4.78 is 7.68. The van der Waals surface area contributed by atoms with Crippen LogP contribution in [0.3, 0.4) is 0 Å². The number of carbonyl (C=O) groups excluding carboxylic acids is 1. The van der Waals surface area contributed by atoms with E-state index >= 15 is 0 Å². The van der Waals surface area contributed by atoms with Gasteiger partial charge in [-0.25, -0.2) is 5.48 Å². The maximum absolute atomic E-state index is 11.2. The summed E-state index contributed by atoms with van der Waals surface area (Å²) in [6.45, 7) is 4.78. The molecule has 160 valence electrons. The Morgan fingerprint density at radius 2 is 1.87 bits per heavy atom. The van der Waals surface area contributed by atoms with Gasteiger partial charge in [0.1, 0.15) is 5.76 Å². The topological polar surface area (TPSA) is 80.3 Å². The molecule has 1 amide bonds. The Hall–Kier alpha value is -3.38. The van der Waals surface area contributed by atoms with Crippen LogP contribution in [0.5, 0.6) is 0 Å². The van der Waals surface area contributed by atoms with Crippen molar-refractivity contribution in [2.75, 3.05) is 0 Å². The molecule has 0 spiro atoms. The van der Waals surface area contributed by atoms with Crippen LogP contribution in [0.1, 0.15) is 37.1 Å². The van der Waals surface area contributed by atoms with Crippen molar-refractivity contribution in [2.45, 2.75) is 46.1 Å². The van der Waals surface area contributed by atoms with Crippen LogP contribution in [0, 0.1) is 13.8 Å². The van der Waals surface area contributed by atoms with Crippen molar-refractivity contribution in [3.8, 4) is 22.3 Å². The highest BCUT2D eigenvalue weighted by Crippen LogP contribution is 2.35. The predicted octanol–water partition coefficient (Wildman–Crippen LogP) is 5.65. The van der Waals surface area contributed by atoms with Gasteiger partial charge in [-0.15, -0.1) is 0 Å². The van der Waals surface area contributed by atoms with Crippen molar-refractivity contribution < 1.29 is 14.5 Å². The summed E-state index contributed by atoms with van der Waals surface area (Å²) in [6.07, 6.45) is 5.21. The molecule has 0 aliphatic carbocycles. The fraction of sp³-hybridized carbons (Fsp3) is 0.280. The number of nitrogens with one attached hydrogen (secondary N) is 1. The van der Waals surface area contributed by atoms with E-state index in [1.54, 1.807) is 5.48 Å². The molecule has 31 heavy (non-hydrogen) atoms. The van der Waals surface area contributed by atoms with Crippen molar-refractivity contribution in [1.82, 2.24) is 15.2 Å². The first-order valence-electron chi connectivity index (χ1n) is 10.6. The van der Waals surface area contributed by atoms with Crippen molar-refractivity contribution in [3.63, 3.8) is 0 Å². The molecule has 6 nitrogen and oxygen atoms in total. The molecular formula is C25H27N3O3. The van der Waals surface area contributed by atoms with E-state index in [2.05, 4.69) is 58.4 Å². The molecule has 0 radical (unpaired) electrons. The van der Waals surface area contributed by atoms with E-state index in [0.29, 0.717) is 6.42 Å². The summed E-state index contributed by atoms with van der Waals surface area (Å²) in [5.41, 5.74) is 8.30. The first-order chi connectivity index (χ1) is 15.1. The summed E-state index contributed by atoms with van der Waals surface area (Å²) in [7, 11) is 0. The van der Waals surface area contributed by atoms with E-state index in [1.165, 1.54) is 22.0 Å². The van der Waals surface area contributed by atoms with E-state index in [-0.39, 0.29) is 5.91 Å². The Kier molecular flexibility index (Phi) is 6.18. The number of rotatable bonds is 8. The van der Waals surface area contributed by atoms with Gasteiger partial charge < -0.3 is 9.09 Å². The van der Waals surface area contributed by atoms with Gasteiger partial charge in [-0.3, -0.25) is 10.0 Å².